The van der Waals surface area contributed by atoms with Crippen molar-refractivity contribution in [3.05, 3.63) is 60.2 Å². The second-order valence-electron chi connectivity index (χ2n) is 6.01. The fraction of sp³-hybridized carbons (Fsp3) is 0.167. The van der Waals surface area contributed by atoms with Gasteiger partial charge in [0.1, 0.15) is 0 Å². The molecule has 0 fully saturated rings. The predicted molar refractivity (Wildman–Crippen MR) is 115 cm³/mol. The van der Waals surface area contributed by atoms with Crippen LogP contribution >= 0.6 is 23.1 Å². The number of amides is 1. The molecule has 0 saturated carbocycles. The van der Waals surface area contributed by atoms with Crippen LogP contribution < -0.4 is 11.1 Å². The van der Waals surface area contributed by atoms with Crippen LogP contribution in [0.25, 0.3) is 0 Å². The third kappa shape index (κ3) is 5.76. The normalized spacial score (nSPS) is 11.5. The van der Waals surface area contributed by atoms with Crippen LogP contribution in [-0.4, -0.2) is 41.6 Å². The molecule has 3 rings (SSSR count). The molecule has 0 aliphatic heterocycles. The summed E-state index contributed by atoms with van der Waals surface area (Å²) in [5.74, 6) is -0.0883. The topological polar surface area (TPSA) is 118 Å². The number of nitrogens with two attached hydrogens (primary N) is 1. The van der Waals surface area contributed by atoms with E-state index in [1.165, 1.54) is 46.6 Å². The molecule has 11 heteroatoms. The Hall–Kier alpha value is -2.47. The number of carbonyl (C=O) groups is 1. The molecule has 1 heterocycles. The summed E-state index contributed by atoms with van der Waals surface area (Å²) in [6, 6.07) is 15.4. The SMILES string of the molecule is CN(Cc1ccccc1)S(=O)(=O)c1ccc(NC(=O)CSc2nnc(N)s2)cc1. The molecule has 0 atom stereocenters. The first kappa shape index (κ1) is 21.2. The molecule has 0 aliphatic carbocycles. The van der Waals surface area contributed by atoms with E-state index < -0.39 is 10.0 Å². The van der Waals surface area contributed by atoms with Crippen LogP contribution in [-0.2, 0) is 21.4 Å². The van der Waals surface area contributed by atoms with Gasteiger partial charge < -0.3 is 11.1 Å². The van der Waals surface area contributed by atoms with Crippen LogP contribution in [0.5, 0.6) is 0 Å². The third-order valence-corrected chi connectivity index (χ3v) is 7.55. The Kier molecular flexibility index (Phi) is 6.85. The highest BCUT2D eigenvalue weighted by molar-refractivity contribution is 8.01. The Morgan fingerprint density at radius 3 is 2.45 bits per heavy atom. The number of sulfonamides is 1. The zero-order chi connectivity index (χ0) is 20.9. The van der Waals surface area contributed by atoms with E-state index in [1.807, 2.05) is 30.3 Å². The van der Waals surface area contributed by atoms with Gasteiger partial charge in [-0.25, -0.2) is 8.42 Å². The fourth-order valence-electron chi connectivity index (χ4n) is 2.42. The van der Waals surface area contributed by atoms with Gasteiger partial charge in [-0.1, -0.05) is 53.4 Å². The largest absolute Gasteiger partial charge is 0.374 e. The van der Waals surface area contributed by atoms with Crippen LogP contribution in [0, 0.1) is 0 Å². The average Bonchev–Trinajstić information content (AvgIpc) is 3.13. The van der Waals surface area contributed by atoms with E-state index in [9.17, 15) is 13.2 Å². The van der Waals surface area contributed by atoms with Gasteiger partial charge >= 0.3 is 0 Å². The van der Waals surface area contributed by atoms with Crippen LogP contribution in [0.1, 0.15) is 5.56 Å². The summed E-state index contributed by atoms with van der Waals surface area (Å²) in [5.41, 5.74) is 6.91. The van der Waals surface area contributed by atoms with Gasteiger partial charge in [-0.3, -0.25) is 4.79 Å². The number of benzene rings is 2. The fourth-order valence-corrected chi connectivity index (χ4v) is 5.01. The minimum atomic E-state index is -3.64. The molecule has 2 aromatic carbocycles. The number of thioether (sulfide) groups is 1. The van der Waals surface area contributed by atoms with Gasteiger partial charge in [0.2, 0.25) is 21.1 Å². The molecule has 3 aromatic rings. The van der Waals surface area contributed by atoms with Gasteiger partial charge in [0, 0.05) is 19.3 Å². The Bertz CT molecular complexity index is 1070. The van der Waals surface area contributed by atoms with Crippen LogP contribution in [0.15, 0.2) is 63.8 Å². The Balaban J connectivity index is 1.59. The van der Waals surface area contributed by atoms with Crippen molar-refractivity contribution in [2.24, 2.45) is 0 Å². The zero-order valence-corrected chi connectivity index (χ0v) is 17.9. The maximum atomic E-state index is 12.7. The lowest BCUT2D eigenvalue weighted by Gasteiger charge is -2.17. The molecule has 0 spiro atoms. The van der Waals surface area contributed by atoms with Crippen LogP contribution in [0.2, 0.25) is 0 Å². The van der Waals surface area contributed by atoms with E-state index in [0.717, 1.165) is 5.56 Å². The second kappa shape index (κ2) is 9.35. The van der Waals surface area contributed by atoms with E-state index in [4.69, 9.17) is 5.73 Å². The van der Waals surface area contributed by atoms with Gasteiger partial charge in [-0.05, 0) is 29.8 Å². The minimum Gasteiger partial charge on any atom is -0.374 e. The van der Waals surface area contributed by atoms with Crippen molar-refractivity contribution >= 4 is 49.8 Å². The molecule has 3 N–H and O–H groups in total. The minimum absolute atomic E-state index is 0.147. The average molecular weight is 450 g/mol. The molecule has 0 aliphatic rings. The van der Waals surface area contributed by atoms with Crippen molar-refractivity contribution in [1.82, 2.24) is 14.5 Å². The Morgan fingerprint density at radius 1 is 1.14 bits per heavy atom. The second-order valence-corrected chi connectivity index (χ2v) is 10.3. The first-order valence-electron chi connectivity index (χ1n) is 8.46. The van der Waals surface area contributed by atoms with Gasteiger partial charge in [-0.15, -0.1) is 10.2 Å². The summed E-state index contributed by atoms with van der Waals surface area (Å²) in [6.07, 6.45) is 0. The third-order valence-electron chi connectivity index (χ3n) is 3.84. The highest BCUT2D eigenvalue weighted by Gasteiger charge is 2.21. The van der Waals surface area contributed by atoms with Crippen LogP contribution in [0.4, 0.5) is 10.8 Å². The first-order valence-corrected chi connectivity index (χ1v) is 11.7. The number of anilines is 2. The molecule has 8 nitrogen and oxygen atoms in total. The van der Waals surface area contributed by atoms with Gasteiger partial charge in [0.05, 0.1) is 10.6 Å². The highest BCUT2D eigenvalue weighted by Crippen LogP contribution is 2.24. The molecular weight excluding hydrogens is 430 g/mol. The van der Waals surface area contributed by atoms with Crippen LogP contribution in [0.3, 0.4) is 0 Å². The van der Waals surface area contributed by atoms with Gasteiger partial charge in [-0.2, -0.15) is 4.31 Å². The smallest absolute Gasteiger partial charge is 0.243 e. The summed E-state index contributed by atoms with van der Waals surface area (Å²) in [6.45, 7) is 0.273. The first-order chi connectivity index (χ1) is 13.8. The number of rotatable bonds is 8. The Labute approximate surface area is 177 Å². The van der Waals surface area contributed by atoms with Crippen molar-refractivity contribution in [2.45, 2.75) is 15.8 Å². The van der Waals surface area contributed by atoms with E-state index in [-0.39, 0.29) is 23.1 Å². The summed E-state index contributed by atoms with van der Waals surface area (Å²) < 4.78 is 27.4. The number of carbonyl (C=O) groups excluding carboxylic acids is 1. The lowest BCUT2D eigenvalue weighted by Crippen LogP contribution is -2.26. The number of hydrogen-bond donors (Lipinski definition) is 2. The quantitative estimate of drug-likeness (QED) is 0.508. The number of nitrogen functional groups attached to an aromatic ring is 1. The number of nitrogens with zero attached hydrogens (tertiary/aromatic N) is 3. The molecule has 0 saturated heterocycles. The van der Waals surface area contributed by atoms with E-state index in [2.05, 4.69) is 15.5 Å². The summed E-state index contributed by atoms with van der Waals surface area (Å²) in [7, 11) is -2.10. The molecule has 0 unspecified atom stereocenters. The lowest BCUT2D eigenvalue weighted by atomic mass is 10.2. The van der Waals surface area contributed by atoms with Gasteiger partial charge in [0.25, 0.3) is 0 Å². The standard InChI is InChI=1S/C18H19N5O3S3/c1-23(11-13-5-3-2-4-6-13)29(25,26)15-9-7-14(8-10-15)20-16(24)12-27-18-22-21-17(19)28-18/h2-10H,11-12H2,1H3,(H2,19,21)(H,20,24). The molecular formula is C18H19N5O3S3. The maximum absolute atomic E-state index is 12.7. The monoisotopic (exact) mass is 449 g/mol. The number of hydrogen-bond acceptors (Lipinski definition) is 8. The lowest BCUT2D eigenvalue weighted by molar-refractivity contribution is -0.113. The summed E-state index contributed by atoms with van der Waals surface area (Å²) in [5, 5.41) is 10.6. The van der Waals surface area contributed by atoms with E-state index in [0.29, 0.717) is 15.2 Å². The molecule has 0 radical (unpaired) electrons. The van der Waals surface area contributed by atoms with Crippen molar-refractivity contribution in [2.75, 3.05) is 23.9 Å². The van der Waals surface area contributed by atoms with Crippen molar-refractivity contribution in [1.29, 1.82) is 0 Å². The molecule has 0 bridgehead atoms. The molecule has 29 heavy (non-hydrogen) atoms. The zero-order valence-electron chi connectivity index (χ0n) is 15.5. The molecule has 1 aromatic heterocycles. The predicted octanol–water partition coefficient (Wildman–Crippen LogP) is 2.67. The van der Waals surface area contributed by atoms with E-state index in [1.54, 1.807) is 12.1 Å². The number of aromatic nitrogens is 2. The highest BCUT2D eigenvalue weighted by atomic mass is 32.2. The summed E-state index contributed by atoms with van der Waals surface area (Å²) >= 11 is 2.44. The van der Waals surface area contributed by atoms with E-state index >= 15 is 0 Å². The molecule has 152 valence electrons. The molecule has 1 amide bonds. The maximum Gasteiger partial charge on any atom is 0.243 e. The number of nitrogens with one attached hydrogen (secondary N) is 1. The summed E-state index contributed by atoms with van der Waals surface area (Å²) in [4.78, 5) is 12.2. The Morgan fingerprint density at radius 2 is 1.83 bits per heavy atom. The van der Waals surface area contributed by atoms with Crippen molar-refractivity contribution in [3.8, 4) is 0 Å². The van der Waals surface area contributed by atoms with Crippen molar-refractivity contribution in [3.63, 3.8) is 0 Å². The van der Waals surface area contributed by atoms with Gasteiger partial charge in [0.15, 0.2) is 4.34 Å². The van der Waals surface area contributed by atoms with Crippen molar-refractivity contribution < 1.29 is 13.2 Å².